The summed E-state index contributed by atoms with van der Waals surface area (Å²) in [5, 5.41) is 16.2. The molecular weight excluding hydrogens is 252 g/mol. The van der Waals surface area contributed by atoms with E-state index < -0.39 is 5.97 Å². The second kappa shape index (κ2) is 5.26. The van der Waals surface area contributed by atoms with Gasteiger partial charge in [-0.15, -0.1) is 0 Å². The van der Waals surface area contributed by atoms with E-state index in [9.17, 15) is 4.79 Å². The van der Waals surface area contributed by atoms with Gasteiger partial charge in [-0.05, 0) is 24.6 Å². The zero-order valence-corrected chi connectivity index (χ0v) is 11.0. The van der Waals surface area contributed by atoms with Crippen molar-refractivity contribution >= 4 is 17.6 Å². The Hall–Kier alpha value is -1.10. The summed E-state index contributed by atoms with van der Waals surface area (Å²) in [5.41, 5.74) is 0.729. The lowest BCUT2D eigenvalue weighted by Gasteiger charge is -2.44. The number of hydrogen-bond acceptors (Lipinski definition) is 3. The molecule has 1 heterocycles. The minimum absolute atomic E-state index is 0.0742. The highest BCUT2D eigenvalue weighted by Crippen LogP contribution is 2.24. The predicted molar refractivity (Wildman–Crippen MR) is 70.9 cm³/mol. The molecule has 3 N–H and O–H groups in total. The van der Waals surface area contributed by atoms with Crippen LogP contribution in [-0.2, 0) is 4.79 Å². The van der Waals surface area contributed by atoms with Crippen LogP contribution in [0.3, 0.4) is 0 Å². The monoisotopic (exact) mass is 268 g/mol. The van der Waals surface area contributed by atoms with Gasteiger partial charge in [0.05, 0.1) is 12.0 Å². The highest BCUT2D eigenvalue weighted by molar-refractivity contribution is 6.30. The summed E-state index contributed by atoms with van der Waals surface area (Å²) >= 11 is 5.96. The Labute approximate surface area is 111 Å². The van der Waals surface area contributed by atoms with Crippen LogP contribution in [0.4, 0.5) is 0 Å². The maximum absolute atomic E-state index is 10.9. The van der Waals surface area contributed by atoms with Gasteiger partial charge in [0.15, 0.2) is 0 Å². The summed E-state index contributed by atoms with van der Waals surface area (Å²) < 4.78 is 0. The van der Waals surface area contributed by atoms with E-state index in [2.05, 4.69) is 10.6 Å². The van der Waals surface area contributed by atoms with Crippen LogP contribution >= 0.6 is 11.6 Å². The molecule has 0 aromatic heterocycles. The molecule has 18 heavy (non-hydrogen) atoms. The molecule has 4 nitrogen and oxygen atoms in total. The van der Waals surface area contributed by atoms with E-state index in [4.69, 9.17) is 16.7 Å². The molecule has 0 amide bonds. The minimum atomic E-state index is -0.776. The van der Waals surface area contributed by atoms with Gasteiger partial charge in [-0.2, -0.15) is 0 Å². The fourth-order valence-corrected chi connectivity index (χ4v) is 2.51. The van der Waals surface area contributed by atoms with Crippen LogP contribution in [0, 0.1) is 0 Å². The van der Waals surface area contributed by atoms with Crippen molar-refractivity contribution in [2.24, 2.45) is 0 Å². The highest BCUT2D eigenvalue weighted by atomic mass is 35.5. The van der Waals surface area contributed by atoms with Crippen molar-refractivity contribution in [2.75, 3.05) is 13.1 Å². The molecule has 1 saturated heterocycles. The topological polar surface area (TPSA) is 61.4 Å². The Bertz CT molecular complexity index is 446. The van der Waals surface area contributed by atoms with E-state index >= 15 is 0 Å². The highest BCUT2D eigenvalue weighted by Gasteiger charge is 2.39. The Morgan fingerprint density at radius 3 is 2.83 bits per heavy atom. The lowest BCUT2D eigenvalue weighted by Crippen LogP contribution is -2.68. The summed E-state index contributed by atoms with van der Waals surface area (Å²) in [6.45, 7) is 3.39. The maximum atomic E-state index is 10.9. The van der Waals surface area contributed by atoms with Crippen molar-refractivity contribution in [3.05, 3.63) is 34.9 Å². The van der Waals surface area contributed by atoms with Crippen LogP contribution in [0.5, 0.6) is 0 Å². The number of benzene rings is 1. The standard InChI is InChI=1S/C13H17ClN2O2/c1-9(10-3-2-4-11(14)5-10)16-13(6-12(17)18)7-15-8-13/h2-5,9,15-16H,6-8H2,1H3,(H,17,18)/t9-/m1/s1. The Kier molecular flexibility index (Phi) is 3.90. The van der Waals surface area contributed by atoms with Crippen molar-refractivity contribution in [1.82, 2.24) is 10.6 Å². The average molecular weight is 269 g/mol. The quantitative estimate of drug-likeness (QED) is 0.762. The molecule has 1 aromatic carbocycles. The Morgan fingerprint density at radius 2 is 2.33 bits per heavy atom. The van der Waals surface area contributed by atoms with Gasteiger partial charge in [-0.1, -0.05) is 23.7 Å². The van der Waals surface area contributed by atoms with E-state index in [-0.39, 0.29) is 18.0 Å². The predicted octanol–water partition coefficient (Wildman–Crippen LogP) is 1.81. The molecule has 98 valence electrons. The van der Waals surface area contributed by atoms with Gasteiger partial charge in [0.2, 0.25) is 0 Å². The molecule has 1 aromatic rings. The van der Waals surface area contributed by atoms with Gasteiger partial charge in [0.1, 0.15) is 0 Å². The van der Waals surface area contributed by atoms with Crippen LogP contribution in [0.25, 0.3) is 0 Å². The second-order valence-corrected chi connectivity index (χ2v) is 5.31. The van der Waals surface area contributed by atoms with Gasteiger partial charge in [0.25, 0.3) is 0 Å². The Morgan fingerprint density at radius 1 is 1.61 bits per heavy atom. The molecular formula is C13H17ClN2O2. The molecule has 1 aliphatic heterocycles. The molecule has 1 atom stereocenters. The molecule has 0 aliphatic carbocycles. The number of nitrogens with one attached hydrogen (secondary N) is 2. The van der Waals surface area contributed by atoms with Crippen molar-refractivity contribution < 1.29 is 9.90 Å². The summed E-state index contributed by atoms with van der Waals surface area (Å²) in [7, 11) is 0. The molecule has 2 rings (SSSR count). The summed E-state index contributed by atoms with van der Waals surface area (Å²) in [5.74, 6) is -0.776. The Balaban J connectivity index is 2.06. The van der Waals surface area contributed by atoms with Gasteiger partial charge in [-0.25, -0.2) is 0 Å². The maximum Gasteiger partial charge on any atom is 0.305 e. The van der Waals surface area contributed by atoms with Gasteiger partial charge in [-0.3, -0.25) is 4.79 Å². The normalized spacial score (nSPS) is 19.0. The van der Waals surface area contributed by atoms with E-state index in [1.54, 1.807) is 0 Å². The first-order chi connectivity index (χ1) is 8.51. The van der Waals surface area contributed by atoms with Crippen LogP contribution in [-0.4, -0.2) is 29.7 Å². The van der Waals surface area contributed by atoms with Crippen molar-refractivity contribution in [2.45, 2.75) is 24.9 Å². The largest absolute Gasteiger partial charge is 0.481 e. The first kappa shape index (κ1) is 13.3. The van der Waals surface area contributed by atoms with Crippen LogP contribution < -0.4 is 10.6 Å². The summed E-state index contributed by atoms with van der Waals surface area (Å²) in [6.07, 6.45) is 0.130. The van der Waals surface area contributed by atoms with Gasteiger partial charge in [0, 0.05) is 24.2 Å². The van der Waals surface area contributed by atoms with E-state index in [0.29, 0.717) is 18.1 Å². The summed E-state index contributed by atoms with van der Waals surface area (Å²) in [6, 6.07) is 7.70. The molecule has 0 unspecified atom stereocenters. The number of halogens is 1. The number of carbonyl (C=O) groups is 1. The number of rotatable bonds is 5. The van der Waals surface area contributed by atoms with E-state index in [0.717, 1.165) is 5.56 Å². The fourth-order valence-electron chi connectivity index (χ4n) is 2.31. The fraction of sp³-hybridized carbons (Fsp3) is 0.462. The molecule has 0 spiro atoms. The molecule has 1 aliphatic rings. The van der Waals surface area contributed by atoms with Gasteiger partial charge >= 0.3 is 5.97 Å². The van der Waals surface area contributed by atoms with Crippen LogP contribution in [0.1, 0.15) is 24.9 Å². The molecule has 0 radical (unpaired) electrons. The lowest BCUT2D eigenvalue weighted by molar-refractivity contribution is -0.139. The zero-order valence-electron chi connectivity index (χ0n) is 10.2. The zero-order chi connectivity index (χ0) is 13.2. The van der Waals surface area contributed by atoms with Crippen LogP contribution in [0.2, 0.25) is 5.02 Å². The number of carboxylic acid groups (broad SMARTS) is 1. The third kappa shape index (κ3) is 3.02. The molecule has 0 bridgehead atoms. The van der Waals surface area contributed by atoms with Gasteiger partial charge < -0.3 is 15.7 Å². The van der Waals surface area contributed by atoms with Crippen LogP contribution in [0.15, 0.2) is 24.3 Å². The van der Waals surface area contributed by atoms with Crippen molar-refractivity contribution in [3.8, 4) is 0 Å². The number of aliphatic carboxylic acids is 1. The van der Waals surface area contributed by atoms with E-state index in [1.165, 1.54) is 0 Å². The number of carboxylic acids is 1. The van der Waals surface area contributed by atoms with E-state index in [1.807, 2.05) is 31.2 Å². The molecule has 0 saturated carbocycles. The van der Waals surface area contributed by atoms with Crippen molar-refractivity contribution in [1.29, 1.82) is 0 Å². The third-order valence-corrected chi connectivity index (χ3v) is 3.52. The lowest BCUT2D eigenvalue weighted by atomic mass is 9.87. The molecule has 1 fully saturated rings. The SMILES string of the molecule is C[C@@H](NC1(CC(=O)O)CNC1)c1cccc(Cl)c1. The first-order valence-electron chi connectivity index (χ1n) is 5.96. The average Bonchev–Trinajstić information content (AvgIpc) is 2.25. The second-order valence-electron chi connectivity index (χ2n) is 4.88. The third-order valence-electron chi connectivity index (χ3n) is 3.29. The number of hydrogen-bond donors (Lipinski definition) is 3. The summed E-state index contributed by atoms with van der Waals surface area (Å²) in [4.78, 5) is 10.9. The van der Waals surface area contributed by atoms with Crippen molar-refractivity contribution in [3.63, 3.8) is 0 Å². The molecule has 5 heteroatoms. The minimum Gasteiger partial charge on any atom is -0.481 e. The smallest absolute Gasteiger partial charge is 0.305 e. The first-order valence-corrected chi connectivity index (χ1v) is 6.34.